The number of quaternary nitrogens is 1. The lowest BCUT2D eigenvalue weighted by molar-refractivity contribution is -2.00. The quantitative estimate of drug-likeness (QED) is 0.367. The van der Waals surface area contributed by atoms with Gasteiger partial charge in [-0.1, -0.05) is 0 Å². The maximum atomic E-state index is 10.9. The van der Waals surface area contributed by atoms with Crippen LogP contribution in [0.2, 0.25) is 0 Å². The average molecular weight is 296 g/mol. The van der Waals surface area contributed by atoms with Gasteiger partial charge in [0.2, 0.25) is 0 Å². The first kappa shape index (κ1) is 19.3. The molecule has 0 saturated heterocycles. The van der Waals surface area contributed by atoms with Gasteiger partial charge in [0, 0.05) is 6.42 Å². The normalized spacial score (nSPS) is 12.9. The van der Waals surface area contributed by atoms with Gasteiger partial charge < -0.3 is 4.48 Å². The lowest BCUT2D eigenvalue weighted by Gasteiger charge is -2.23. The van der Waals surface area contributed by atoms with E-state index in [1.54, 1.807) is 0 Å². The topological polar surface area (TPSA) is 136 Å². The molecule has 0 rings (SSSR count). The third-order valence-corrected chi connectivity index (χ3v) is 2.77. The second kappa shape index (κ2) is 7.44. The zero-order valence-electron chi connectivity index (χ0n) is 10.2. The highest BCUT2D eigenvalue weighted by Crippen LogP contribution is 1.98. The molecular formula is C7H18ClNO7S. The largest absolute Gasteiger partial charge is 0.331 e. The van der Waals surface area contributed by atoms with E-state index in [9.17, 15) is 8.42 Å². The summed E-state index contributed by atoms with van der Waals surface area (Å²) in [6.07, 6.45) is 0.639. The van der Waals surface area contributed by atoms with Crippen molar-refractivity contribution < 1.29 is 46.0 Å². The zero-order chi connectivity index (χ0) is 14.3. The van der Waals surface area contributed by atoms with Crippen LogP contribution in [0.3, 0.4) is 0 Å². The van der Waals surface area contributed by atoms with Crippen LogP contribution in [0.15, 0.2) is 0 Å². The van der Waals surface area contributed by atoms with Crippen molar-refractivity contribution in [2.75, 3.05) is 40.6 Å². The average Bonchev–Trinajstić information content (AvgIpc) is 1.98. The number of rotatable bonds is 5. The van der Waals surface area contributed by atoms with Crippen molar-refractivity contribution >= 4 is 10.1 Å². The molecule has 0 aliphatic rings. The summed E-state index contributed by atoms with van der Waals surface area (Å²) in [6, 6.07) is 0. The Hall–Kier alpha value is -0.0000000000000000694. The molecule has 0 fully saturated rings. The van der Waals surface area contributed by atoms with E-state index in [0.717, 1.165) is 11.0 Å². The summed E-state index contributed by atoms with van der Waals surface area (Å²) >= 11 is 0. The molecule has 106 valence electrons. The first-order valence-corrected chi connectivity index (χ1v) is 7.28. The van der Waals surface area contributed by atoms with Crippen molar-refractivity contribution in [3.63, 3.8) is 0 Å². The molecule has 0 spiro atoms. The minimum Gasteiger partial charge on any atom is -0.331 e. The van der Waals surface area contributed by atoms with Gasteiger partial charge in [0.1, 0.15) is 0 Å². The molecule has 0 amide bonds. The van der Waals surface area contributed by atoms with E-state index in [-0.39, 0.29) is 5.75 Å². The van der Waals surface area contributed by atoms with Gasteiger partial charge in [0.25, 0.3) is 10.1 Å². The Bertz CT molecular complexity index is 286. The van der Waals surface area contributed by atoms with E-state index in [2.05, 4.69) is 4.18 Å². The standard InChI is InChI=1S/C7H18NO3S.ClHO4/c1-8(2,3)6-5-7-12(9,10)11-4;2-1(3,4)5/h5-7H2,1-4H3;(H,2,3,4,5)/q+1;/p-1. The van der Waals surface area contributed by atoms with Crippen molar-refractivity contribution in [1.29, 1.82) is 0 Å². The van der Waals surface area contributed by atoms with Gasteiger partial charge in [-0.25, -0.2) is 18.6 Å². The number of nitrogens with zero attached hydrogens (tertiary/aromatic N) is 1. The summed E-state index contributed by atoms with van der Waals surface area (Å²) in [5.74, 6) is 0.110. The molecule has 0 radical (unpaired) electrons. The Balaban J connectivity index is 0. The highest BCUT2D eigenvalue weighted by Gasteiger charge is 2.12. The van der Waals surface area contributed by atoms with Crippen LogP contribution in [0.25, 0.3) is 0 Å². The fraction of sp³-hybridized carbons (Fsp3) is 1.00. The molecule has 8 nitrogen and oxygen atoms in total. The fourth-order valence-corrected chi connectivity index (χ4v) is 1.45. The first-order valence-electron chi connectivity index (χ1n) is 4.47. The molecule has 0 aromatic carbocycles. The van der Waals surface area contributed by atoms with Crippen LogP contribution in [0.5, 0.6) is 0 Å². The molecule has 0 bridgehead atoms. The molecule has 17 heavy (non-hydrogen) atoms. The Morgan fingerprint density at radius 2 is 1.47 bits per heavy atom. The van der Waals surface area contributed by atoms with Crippen molar-refractivity contribution in [3.8, 4) is 0 Å². The van der Waals surface area contributed by atoms with Crippen molar-refractivity contribution in [3.05, 3.63) is 0 Å². The van der Waals surface area contributed by atoms with E-state index in [1.165, 1.54) is 7.11 Å². The van der Waals surface area contributed by atoms with Crippen LogP contribution >= 0.6 is 0 Å². The smallest absolute Gasteiger partial charge is 0.267 e. The molecule has 0 aromatic rings. The Labute approximate surface area is 103 Å². The second-order valence-electron chi connectivity index (χ2n) is 4.17. The molecule has 0 atom stereocenters. The van der Waals surface area contributed by atoms with Crippen LogP contribution in [0, 0.1) is 10.2 Å². The van der Waals surface area contributed by atoms with Gasteiger partial charge in [-0.3, -0.25) is 4.18 Å². The summed E-state index contributed by atoms with van der Waals surface area (Å²) in [5, 5.41) is 0. The molecule has 0 N–H and O–H groups in total. The summed E-state index contributed by atoms with van der Waals surface area (Å²) in [6.45, 7) is 0.836. The van der Waals surface area contributed by atoms with Crippen LogP contribution < -0.4 is 18.6 Å². The zero-order valence-corrected chi connectivity index (χ0v) is 11.8. The lowest BCUT2D eigenvalue weighted by Crippen LogP contribution is -2.68. The summed E-state index contributed by atoms with van der Waals surface area (Å²) < 4.78 is 60.8. The van der Waals surface area contributed by atoms with Crippen LogP contribution in [-0.2, 0) is 14.3 Å². The summed E-state index contributed by atoms with van der Waals surface area (Å²) in [4.78, 5) is 0. The molecule has 0 unspecified atom stereocenters. The van der Waals surface area contributed by atoms with Gasteiger partial charge in [0.05, 0.1) is 40.6 Å². The summed E-state index contributed by atoms with van der Waals surface area (Å²) in [7, 11) is -0.919. The number of hydrogen-bond donors (Lipinski definition) is 0. The maximum absolute atomic E-state index is 10.9. The van der Waals surface area contributed by atoms with Crippen molar-refractivity contribution in [1.82, 2.24) is 0 Å². The van der Waals surface area contributed by atoms with Gasteiger partial charge in [-0.2, -0.15) is 8.42 Å². The van der Waals surface area contributed by atoms with Crippen LogP contribution in [0.4, 0.5) is 0 Å². The minimum atomic E-state index is -4.94. The van der Waals surface area contributed by atoms with Crippen LogP contribution in [0.1, 0.15) is 6.42 Å². The Kier molecular flexibility index (Phi) is 8.46. The van der Waals surface area contributed by atoms with E-state index >= 15 is 0 Å². The predicted octanol–water partition coefficient (Wildman–Crippen LogP) is -4.70. The first-order chi connectivity index (χ1) is 7.27. The molecular weight excluding hydrogens is 278 g/mol. The Morgan fingerprint density at radius 1 is 1.12 bits per heavy atom. The highest BCUT2D eigenvalue weighted by atomic mass is 35.7. The van der Waals surface area contributed by atoms with Gasteiger partial charge in [0.15, 0.2) is 0 Å². The summed E-state index contributed by atoms with van der Waals surface area (Å²) in [5.41, 5.74) is 0. The second-order valence-corrected chi connectivity index (χ2v) is 6.79. The fourth-order valence-electron chi connectivity index (χ4n) is 0.799. The molecule has 0 aliphatic carbocycles. The molecule has 0 aromatic heterocycles. The monoisotopic (exact) mass is 295 g/mol. The molecule has 0 aliphatic heterocycles. The third kappa shape index (κ3) is 25.9. The highest BCUT2D eigenvalue weighted by molar-refractivity contribution is 7.86. The third-order valence-electron chi connectivity index (χ3n) is 1.48. The molecule has 0 heterocycles. The molecule has 0 saturated carbocycles. The number of halogens is 1. The SMILES string of the molecule is COS(=O)(=O)CCC[N+](C)(C)C.[O-][Cl+3]([O-])([O-])[O-]. The molecule has 10 heteroatoms. The lowest BCUT2D eigenvalue weighted by atomic mass is 10.4. The maximum Gasteiger partial charge on any atom is 0.267 e. The van der Waals surface area contributed by atoms with E-state index in [1.807, 2.05) is 21.1 Å². The van der Waals surface area contributed by atoms with E-state index < -0.39 is 20.4 Å². The van der Waals surface area contributed by atoms with E-state index in [0.29, 0.717) is 6.42 Å². The van der Waals surface area contributed by atoms with Crippen LogP contribution in [-0.4, -0.2) is 53.5 Å². The van der Waals surface area contributed by atoms with Gasteiger partial charge in [-0.05, 0) is 0 Å². The van der Waals surface area contributed by atoms with Crippen molar-refractivity contribution in [2.24, 2.45) is 0 Å². The predicted molar refractivity (Wildman–Crippen MR) is 48.3 cm³/mol. The van der Waals surface area contributed by atoms with E-state index in [4.69, 9.17) is 18.6 Å². The van der Waals surface area contributed by atoms with Gasteiger partial charge >= 0.3 is 0 Å². The number of hydrogen-bond acceptors (Lipinski definition) is 7. The van der Waals surface area contributed by atoms with Gasteiger partial charge in [-0.15, -0.1) is 10.2 Å². The van der Waals surface area contributed by atoms with Crippen molar-refractivity contribution in [2.45, 2.75) is 6.42 Å². The minimum absolute atomic E-state index is 0.110. The Morgan fingerprint density at radius 3 is 1.71 bits per heavy atom.